The van der Waals surface area contributed by atoms with Gasteiger partial charge in [0.15, 0.2) is 16.4 Å². The number of carbonyl (C=O) groups is 2. The van der Waals surface area contributed by atoms with Crippen LogP contribution in [0.15, 0.2) is 24.3 Å². The summed E-state index contributed by atoms with van der Waals surface area (Å²) in [5, 5.41) is 0.738. The van der Waals surface area contributed by atoms with Crippen LogP contribution in [-0.2, 0) is 32.2 Å². The first-order valence-corrected chi connectivity index (χ1v) is 12.7. The first-order chi connectivity index (χ1) is 14.8. The van der Waals surface area contributed by atoms with Gasteiger partial charge in [0.05, 0.1) is 22.6 Å². The average Bonchev–Trinajstić information content (AvgIpc) is 3.10. The summed E-state index contributed by atoms with van der Waals surface area (Å²) >= 11 is 0. The molecule has 1 amide bonds. The molecule has 166 valence electrons. The highest BCUT2D eigenvalue weighted by Crippen LogP contribution is 2.32. The van der Waals surface area contributed by atoms with E-state index in [2.05, 4.69) is 6.92 Å². The topological polar surface area (TPSA) is 93.6 Å². The number of sulfone groups is 1. The summed E-state index contributed by atoms with van der Waals surface area (Å²) in [6, 6.07) is 7.15. The zero-order valence-electron chi connectivity index (χ0n) is 18.0. The van der Waals surface area contributed by atoms with E-state index in [0.29, 0.717) is 24.4 Å². The van der Waals surface area contributed by atoms with E-state index >= 15 is 0 Å². The smallest absolute Gasteiger partial charge is 0.339 e. The van der Waals surface area contributed by atoms with Crippen LogP contribution in [0.1, 0.15) is 48.3 Å². The lowest BCUT2D eigenvalue weighted by Gasteiger charge is -2.27. The van der Waals surface area contributed by atoms with Gasteiger partial charge >= 0.3 is 5.97 Å². The Morgan fingerprint density at radius 3 is 2.71 bits per heavy atom. The lowest BCUT2D eigenvalue weighted by atomic mass is 9.84. The molecule has 0 unspecified atom stereocenters. The van der Waals surface area contributed by atoms with Gasteiger partial charge in [-0.15, -0.1) is 0 Å². The summed E-state index contributed by atoms with van der Waals surface area (Å²) in [5.74, 6) is -0.371. The Bertz CT molecular complexity index is 1130. The number of rotatable bonds is 5. The maximum absolute atomic E-state index is 13.2. The molecular weight excluding hydrogens is 416 g/mol. The highest BCUT2D eigenvalue weighted by molar-refractivity contribution is 7.91. The van der Waals surface area contributed by atoms with Crippen LogP contribution in [0.2, 0.25) is 0 Å². The van der Waals surface area contributed by atoms with Gasteiger partial charge in [-0.2, -0.15) is 0 Å². The minimum atomic E-state index is -3.11. The Hall–Kier alpha value is -2.48. The molecule has 1 aliphatic heterocycles. The molecule has 1 aromatic carbocycles. The van der Waals surface area contributed by atoms with E-state index < -0.39 is 22.4 Å². The second kappa shape index (κ2) is 8.57. The second-order valence-corrected chi connectivity index (χ2v) is 10.8. The summed E-state index contributed by atoms with van der Waals surface area (Å²) in [5.41, 5.74) is 3.11. The van der Waals surface area contributed by atoms with E-state index in [-0.39, 0.29) is 23.5 Å². The fourth-order valence-electron chi connectivity index (χ4n) is 4.74. The average molecular weight is 445 g/mol. The van der Waals surface area contributed by atoms with E-state index in [1.807, 2.05) is 24.3 Å². The van der Waals surface area contributed by atoms with E-state index in [9.17, 15) is 18.0 Å². The van der Waals surface area contributed by atoms with Crippen molar-refractivity contribution in [3.05, 3.63) is 41.1 Å². The van der Waals surface area contributed by atoms with Gasteiger partial charge in [0.1, 0.15) is 0 Å². The molecule has 2 aliphatic rings. The SMILES string of the molecule is CCN(C(=O)COC(=O)c1c2c(nc3ccccc13)CC[C@H](C)C2)[C@@H]1CCS(=O)(=O)C1. The number of likely N-dealkylation sites (N-methyl/N-ethyl adjacent to an activating group) is 1. The zero-order chi connectivity index (χ0) is 22.2. The number of benzene rings is 1. The molecule has 0 bridgehead atoms. The Morgan fingerprint density at radius 2 is 2.00 bits per heavy atom. The zero-order valence-corrected chi connectivity index (χ0v) is 18.8. The van der Waals surface area contributed by atoms with Crippen molar-refractivity contribution in [1.82, 2.24) is 9.88 Å². The van der Waals surface area contributed by atoms with Crippen molar-refractivity contribution < 1.29 is 22.7 Å². The highest BCUT2D eigenvalue weighted by Gasteiger charge is 2.34. The minimum Gasteiger partial charge on any atom is -0.452 e. The van der Waals surface area contributed by atoms with Gasteiger partial charge in [0, 0.05) is 23.7 Å². The monoisotopic (exact) mass is 444 g/mol. The molecule has 8 heteroatoms. The number of nitrogens with zero attached hydrogens (tertiary/aromatic N) is 2. The normalized spacial score (nSPS) is 22.1. The maximum Gasteiger partial charge on any atom is 0.339 e. The van der Waals surface area contributed by atoms with Crippen molar-refractivity contribution >= 4 is 32.6 Å². The number of hydrogen-bond donors (Lipinski definition) is 0. The first-order valence-electron chi connectivity index (χ1n) is 10.9. The number of ether oxygens (including phenoxy) is 1. The molecule has 1 saturated heterocycles. The third kappa shape index (κ3) is 4.44. The number of fused-ring (bicyclic) bond motifs is 2. The van der Waals surface area contributed by atoms with E-state index in [4.69, 9.17) is 9.72 Å². The van der Waals surface area contributed by atoms with Gasteiger partial charge in [-0.05, 0) is 50.2 Å². The van der Waals surface area contributed by atoms with Crippen LogP contribution in [0.4, 0.5) is 0 Å². The summed E-state index contributed by atoms with van der Waals surface area (Å²) in [4.78, 5) is 32.2. The molecule has 7 nitrogen and oxygen atoms in total. The molecule has 4 rings (SSSR count). The number of aromatic nitrogens is 1. The van der Waals surface area contributed by atoms with E-state index in [1.54, 1.807) is 6.92 Å². The third-order valence-corrected chi connectivity index (χ3v) is 8.10. The lowest BCUT2D eigenvalue weighted by molar-refractivity contribution is -0.136. The summed E-state index contributed by atoms with van der Waals surface area (Å²) in [6.45, 7) is 3.94. The Morgan fingerprint density at radius 1 is 1.23 bits per heavy atom. The molecule has 1 fully saturated rings. The molecule has 2 aromatic rings. The van der Waals surface area contributed by atoms with Crippen molar-refractivity contribution in [2.45, 2.75) is 45.6 Å². The summed E-state index contributed by atoms with van der Waals surface area (Å²) in [7, 11) is -3.11. The molecule has 2 heterocycles. The van der Waals surface area contributed by atoms with Crippen molar-refractivity contribution in [3.8, 4) is 0 Å². The second-order valence-electron chi connectivity index (χ2n) is 8.59. The van der Waals surface area contributed by atoms with Crippen molar-refractivity contribution in [1.29, 1.82) is 0 Å². The van der Waals surface area contributed by atoms with Crippen LogP contribution in [0.5, 0.6) is 0 Å². The summed E-state index contributed by atoms with van der Waals surface area (Å²) < 4.78 is 29.1. The van der Waals surface area contributed by atoms with Crippen LogP contribution in [0.3, 0.4) is 0 Å². The van der Waals surface area contributed by atoms with Gasteiger partial charge < -0.3 is 9.64 Å². The number of carbonyl (C=O) groups excluding carboxylic acids is 2. The maximum atomic E-state index is 13.2. The van der Waals surface area contributed by atoms with Gasteiger partial charge in [0.25, 0.3) is 5.91 Å². The largest absolute Gasteiger partial charge is 0.452 e. The van der Waals surface area contributed by atoms with Crippen LogP contribution < -0.4 is 0 Å². The molecule has 1 aromatic heterocycles. The fraction of sp³-hybridized carbons (Fsp3) is 0.522. The predicted octanol–water partition coefficient (Wildman–Crippen LogP) is 2.55. The molecule has 0 saturated carbocycles. The molecule has 0 radical (unpaired) electrons. The molecule has 1 aliphatic carbocycles. The molecule has 2 atom stereocenters. The van der Waals surface area contributed by atoms with Crippen LogP contribution in [-0.4, -0.2) is 60.9 Å². The van der Waals surface area contributed by atoms with Gasteiger partial charge in [-0.25, -0.2) is 13.2 Å². The number of hydrogen-bond acceptors (Lipinski definition) is 6. The van der Waals surface area contributed by atoms with Gasteiger partial charge in [-0.1, -0.05) is 25.1 Å². The molecule has 31 heavy (non-hydrogen) atoms. The van der Waals surface area contributed by atoms with Crippen molar-refractivity contribution in [2.24, 2.45) is 5.92 Å². The Kier molecular flexibility index (Phi) is 6.01. The fourth-order valence-corrected chi connectivity index (χ4v) is 6.47. The standard InChI is InChI=1S/C23H28N2O5S/c1-3-25(16-10-11-31(28,29)14-16)21(26)13-30-23(27)22-17-6-4-5-7-19(17)24-20-9-8-15(2)12-18(20)22/h4-7,15-16H,3,8-14H2,1-2H3/t15-,16+/m0/s1. The number of pyridine rings is 1. The highest BCUT2D eigenvalue weighted by atomic mass is 32.2. The number of aryl methyl sites for hydroxylation is 1. The lowest BCUT2D eigenvalue weighted by Crippen LogP contribution is -2.43. The number of para-hydroxylation sites is 1. The van der Waals surface area contributed by atoms with Gasteiger partial charge in [0.2, 0.25) is 0 Å². The molecule has 0 N–H and O–H groups in total. The van der Waals surface area contributed by atoms with E-state index in [0.717, 1.165) is 41.4 Å². The third-order valence-electron chi connectivity index (χ3n) is 6.35. The van der Waals surface area contributed by atoms with Crippen LogP contribution >= 0.6 is 0 Å². The molecule has 0 spiro atoms. The minimum absolute atomic E-state index is 0.0269. The Labute approximate surface area is 182 Å². The predicted molar refractivity (Wildman–Crippen MR) is 118 cm³/mol. The Balaban J connectivity index is 1.56. The number of amides is 1. The summed E-state index contributed by atoms with van der Waals surface area (Å²) in [6.07, 6.45) is 3.03. The van der Waals surface area contributed by atoms with Crippen LogP contribution in [0.25, 0.3) is 10.9 Å². The number of esters is 1. The quantitative estimate of drug-likeness (QED) is 0.658. The van der Waals surface area contributed by atoms with Crippen molar-refractivity contribution in [2.75, 3.05) is 24.7 Å². The van der Waals surface area contributed by atoms with Crippen LogP contribution in [0, 0.1) is 5.92 Å². The van der Waals surface area contributed by atoms with E-state index in [1.165, 1.54) is 4.90 Å². The van der Waals surface area contributed by atoms with Crippen molar-refractivity contribution in [3.63, 3.8) is 0 Å². The first kappa shape index (κ1) is 21.7. The molecular formula is C23H28N2O5S. The van der Waals surface area contributed by atoms with Gasteiger partial charge in [-0.3, -0.25) is 9.78 Å².